The van der Waals surface area contributed by atoms with Crippen LogP contribution < -0.4 is 10.2 Å². The quantitative estimate of drug-likeness (QED) is 0.371. The Labute approximate surface area is 225 Å². The molecule has 1 aliphatic heterocycles. The van der Waals surface area contributed by atoms with Crippen molar-refractivity contribution in [2.75, 3.05) is 16.0 Å². The molecule has 0 spiro atoms. The summed E-state index contributed by atoms with van der Waals surface area (Å²) in [6.45, 7) is 3.54. The first-order chi connectivity index (χ1) is 18.2. The molecule has 0 bridgehead atoms. The second kappa shape index (κ2) is 10.1. The number of halogens is 1. The second-order valence-electron chi connectivity index (χ2n) is 9.15. The summed E-state index contributed by atoms with van der Waals surface area (Å²) in [6.07, 6.45) is 0.658. The van der Waals surface area contributed by atoms with E-state index in [-0.39, 0.29) is 27.3 Å². The van der Waals surface area contributed by atoms with Crippen LogP contribution in [0.3, 0.4) is 0 Å². The first kappa shape index (κ1) is 25.7. The molecular weight excluding hydrogens is 524 g/mol. The van der Waals surface area contributed by atoms with Crippen LogP contribution in [0.15, 0.2) is 83.8 Å². The zero-order valence-electron chi connectivity index (χ0n) is 20.8. The summed E-state index contributed by atoms with van der Waals surface area (Å²) in [6, 6.07) is 22.4. The van der Waals surface area contributed by atoms with Crippen molar-refractivity contribution in [1.29, 1.82) is 0 Å². The third-order valence-electron chi connectivity index (χ3n) is 6.49. The van der Waals surface area contributed by atoms with Crippen molar-refractivity contribution in [2.45, 2.75) is 31.2 Å². The summed E-state index contributed by atoms with van der Waals surface area (Å²) in [5.74, 6) is -1.86. The second-order valence-corrected chi connectivity index (χ2v) is 11.5. The van der Waals surface area contributed by atoms with E-state index in [4.69, 9.17) is 11.6 Å². The maximum absolute atomic E-state index is 13.4. The normalized spacial score (nSPS) is 14.8. The topological polar surface area (TPSA) is 101 Å². The molecule has 2 amide bonds. The Morgan fingerprint density at radius 2 is 1.66 bits per heavy atom. The molecular formula is C28H25ClN4O4S. The number of para-hydroxylation sites is 3. The molecule has 38 heavy (non-hydrogen) atoms. The number of anilines is 2. The van der Waals surface area contributed by atoms with Gasteiger partial charge >= 0.3 is 0 Å². The summed E-state index contributed by atoms with van der Waals surface area (Å²) in [7, 11) is -4.10. The highest BCUT2D eigenvalue weighted by Crippen LogP contribution is 2.33. The minimum atomic E-state index is -4.10. The van der Waals surface area contributed by atoms with Crippen LogP contribution in [0.25, 0.3) is 5.69 Å². The standard InChI is InChI=1S/C28H25ClN4O4S/c1-18-16-20-10-6-8-14-23(20)32(18)25(34)17-38(36,37)24-15-9-7-13-22(24)30-28(35)26-19(2)31-33(27(26)29)21-11-4-3-5-12-21/h3-15,18H,16-17H2,1-2H3,(H,30,35). The van der Waals surface area contributed by atoms with Gasteiger partial charge in [-0.25, -0.2) is 13.1 Å². The fraction of sp³-hybridized carbons (Fsp3) is 0.179. The number of carbonyl (C=O) groups excluding carboxylic acids is 2. The van der Waals surface area contributed by atoms with Crippen LogP contribution in [0, 0.1) is 6.92 Å². The summed E-state index contributed by atoms with van der Waals surface area (Å²) >= 11 is 6.52. The number of carbonyl (C=O) groups is 2. The van der Waals surface area contributed by atoms with Gasteiger partial charge in [0.15, 0.2) is 9.84 Å². The van der Waals surface area contributed by atoms with Gasteiger partial charge in [-0.15, -0.1) is 0 Å². The Balaban J connectivity index is 1.41. The number of sulfone groups is 1. The molecule has 5 rings (SSSR count). The lowest BCUT2D eigenvalue weighted by Gasteiger charge is -2.23. The molecule has 1 N–H and O–H groups in total. The Hall–Kier alpha value is -3.95. The van der Waals surface area contributed by atoms with Crippen LogP contribution in [0.4, 0.5) is 11.4 Å². The highest BCUT2D eigenvalue weighted by Gasteiger charge is 2.34. The number of aryl methyl sites for hydroxylation is 1. The molecule has 1 aromatic heterocycles. The van der Waals surface area contributed by atoms with E-state index >= 15 is 0 Å². The molecule has 4 aromatic rings. The number of rotatable bonds is 6. The smallest absolute Gasteiger partial charge is 0.260 e. The average Bonchev–Trinajstić information content (AvgIpc) is 3.39. The first-order valence-corrected chi connectivity index (χ1v) is 14.0. The molecule has 0 aliphatic carbocycles. The highest BCUT2D eigenvalue weighted by molar-refractivity contribution is 7.92. The van der Waals surface area contributed by atoms with Crippen molar-refractivity contribution in [3.63, 3.8) is 0 Å². The minimum Gasteiger partial charge on any atom is -0.321 e. The van der Waals surface area contributed by atoms with Crippen LogP contribution >= 0.6 is 11.6 Å². The molecule has 194 valence electrons. The average molecular weight is 549 g/mol. The van der Waals surface area contributed by atoms with Crippen molar-refractivity contribution in [1.82, 2.24) is 9.78 Å². The fourth-order valence-electron chi connectivity index (χ4n) is 4.78. The van der Waals surface area contributed by atoms with Crippen LogP contribution in [0.1, 0.15) is 28.5 Å². The Morgan fingerprint density at radius 1 is 1.00 bits per heavy atom. The molecule has 8 nitrogen and oxygen atoms in total. The number of nitrogens with one attached hydrogen (secondary N) is 1. The van der Waals surface area contributed by atoms with E-state index in [0.717, 1.165) is 11.3 Å². The van der Waals surface area contributed by atoms with Gasteiger partial charge < -0.3 is 10.2 Å². The van der Waals surface area contributed by atoms with Gasteiger partial charge in [0.05, 0.1) is 22.0 Å². The fourth-order valence-corrected chi connectivity index (χ4v) is 6.50. The first-order valence-electron chi connectivity index (χ1n) is 12.0. The number of aromatic nitrogens is 2. The van der Waals surface area contributed by atoms with Gasteiger partial charge in [-0.1, -0.05) is 60.1 Å². The SMILES string of the molecule is Cc1nn(-c2ccccc2)c(Cl)c1C(=O)Nc1ccccc1S(=O)(=O)CC(=O)N1c2ccccc2CC1C. The van der Waals surface area contributed by atoms with E-state index in [2.05, 4.69) is 10.4 Å². The number of hydrogen-bond donors (Lipinski definition) is 1. The van der Waals surface area contributed by atoms with E-state index in [9.17, 15) is 18.0 Å². The number of benzene rings is 3. The minimum absolute atomic E-state index is 0.0584. The Bertz CT molecular complexity index is 1650. The van der Waals surface area contributed by atoms with Crippen LogP contribution in [-0.4, -0.2) is 41.8 Å². The largest absolute Gasteiger partial charge is 0.321 e. The predicted molar refractivity (Wildman–Crippen MR) is 147 cm³/mol. The molecule has 10 heteroatoms. The van der Waals surface area contributed by atoms with Crippen LogP contribution in [0.2, 0.25) is 5.15 Å². The molecule has 0 fully saturated rings. The molecule has 1 aliphatic rings. The summed E-state index contributed by atoms with van der Waals surface area (Å²) in [5, 5.41) is 7.14. The van der Waals surface area contributed by atoms with Gasteiger partial charge in [0.2, 0.25) is 5.91 Å². The Morgan fingerprint density at radius 3 is 2.42 bits per heavy atom. The molecule has 0 saturated heterocycles. The lowest BCUT2D eigenvalue weighted by Crippen LogP contribution is -2.39. The molecule has 0 saturated carbocycles. The number of amides is 2. The summed E-state index contributed by atoms with van der Waals surface area (Å²) in [4.78, 5) is 27.9. The van der Waals surface area contributed by atoms with Crippen molar-refractivity contribution < 1.29 is 18.0 Å². The highest BCUT2D eigenvalue weighted by atomic mass is 35.5. The number of hydrogen-bond acceptors (Lipinski definition) is 5. The van der Waals surface area contributed by atoms with Gasteiger partial charge in [-0.3, -0.25) is 9.59 Å². The van der Waals surface area contributed by atoms with Gasteiger partial charge in [-0.2, -0.15) is 5.10 Å². The van der Waals surface area contributed by atoms with E-state index in [1.807, 2.05) is 49.4 Å². The lowest BCUT2D eigenvalue weighted by molar-refractivity contribution is -0.116. The summed E-state index contributed by atoms with van der Waals surface area (Å²) < 4.78 is 28.3. The molecule has 0 radical (unpaired) electrons. The van der Waals surface area contributed by atoms with Crippen molar-refractivity contribution in [3.05, 3.63) is 101 Å². The number of fused-ring (bicyclic) bond motifs is 1. The van der Waals surface area contributed by atoms with Crippen molar-refractivity contribution in [2.24, 2.45) is 0 Å². The predicted octanol–water partition coefficient (Wildman–Crippen LogP) is 4.84. The maximum atomic E-state index is 13.4. The third kappa shape index (κ3) is 4.70. The third-order valence-corrected chi connectivity index (χ3v) is 8.49. The number of nitrogens with zero attached hydrogens (tertiary/aromatic N) is 3. The van der Waals surface area contributed by atoms with Gasteiger partial charge in [-0.05, 0) is 56.2 Å². The van der Waals surface area contributed by atoms with E-state index in [1.165, 1.54) is 21.7 Å². The van der Waals surface area contributed by atoms with Crippen LogP contribution in [0.5, 0.6) is 0 Å². The van der Waals surface area contributed by atoms with Gasteiger partial charge in [0, 0.05) is 11.7 Å². The van der Waals surface area contributed by atoms with Gasteiger partial charge in [0.25, 0.3) is 5.91 Å². The zero-order chi connectivity index (χ0) is 27.0. The maximum Gasteiger partial charge on any atom is 0.260 e. The van der Waals surface area contributed by atoms with E-state index in [1.54, 1.807) is 31.2 Å². The Kier molecular flexibility index (Phi) is 6.81. The van der Waals surface area contributed by atoms with Crippen molar-refractivity contribution >= 4 is 44.6 Å². The van der Waals surface area contributed by atoms with E-state index in [0.29, 0.717) is 17.8 Å². The van der Waals surface area contributed by atoms with Crippen LogP contribution in [-0.2, 0) is 21.1 Å². The van der Waals surface area contributed by atoms with Gasteiger partial charge in [0.1, 0.15) is 16.5 Å². The molecule has 3 aromatic carbocycles. The monoisotopic (exact) mass is 548 g/mol. The molecule has 2 heterocycles. The summed E-state index contributed by atoms with van der Waals surface area (Å²) in [5.41, 5.74) is 2.97. The van der Waals surface area contributed by atoms with E-state index < -0.39 is 27.4 Å². The molecule has 1 unspecified atom stereocenters. The molecule has 1 atom stereocenters. The lowest BCUT2D eigenvalue weighted by atomic mass is 10.1. The van der Waals surface area contributed by atoms with Crippen molar-refractivity contribution in [3.8, 4) is 5.69 Å². The zero-order valence-corrected chi connectivity index (χ0v) is 22.3.